The van der Waals surface area contributed by atoms with Crippen LogP contribution in [0.5, 0.6) is 5.75 Å². The van der Waals surface area contributed by atoms with Crippen molar-refractivity contribution in [2.75, 3.05) is 0 Å². The second-order valence-corrected chi connectivity index (χ2v) is 4.15. The van der Waals surface area contributed by atoms with E-state index in [9.17, 15) is 4.79 Å². The number of aliphatic carboxylic acids is 1. The number of aromatic hydroxyl groups is 1. The van der Waals surface area contributed by atoms with Gasteiger partial charge in [-0.1, -0.05) is 12.1 Å². The van der Waals surface area contributed by atoms with Gasteiger partial charge in [0.2, 0.25) is 0 Å². The van der Waals surface area contributed by atoms with Crippen LogP contribution in [-0.4, -0.2) is 16.2 Å². The molecule has 0 aromatic heterocycles. The van der Waals surface area contributed by atoms with Gasteiger partial charge in [0.15, 0.2) is 0 Å². The van der Waals surface area contributed by atoms with Crippen LogP contribution in [0.3, 0.4) is 0 Å². The fraction of sp³-hybridized carbons (Fsp3) is 0.417. The monoisotopic (exact) mass is 206 g/mol. The molecule has 0 saturated heterocycles. The van der Waals surface area contributed by atoms with Crippen molar-refractivity contribution in [3.05, 3.63) is 29.8 Å². The highest BCUT2D eigenvalue weighted by Gasteiger charge is 2.35. The molecule has 3 heteroatoms. The smallest absolute Gasteiger partial charge is 0.307 e. The number of carboxylic acid groups (broad SMARTS) is 1. The van der Waals surface area contributed by atoms with Crippen molar-refractivity contribution >= 4 is 5.97 Å². The number of benzene rings is 1. The maximum Gasteiger partial charge on any atom is 0.307 e. The van der Waals surface area contributed by atoms with Gasteiger partial charge >= 0.3 is 5.97 Å². The zero-order valence-electron chi connectivity index (χ0n) is 8.39. The summed E-state index contributed by atoms with van der Waals surface area (Å²) in [6.07, 6.45) is 2.64. The molecule has 2 rings (SSSR count). The minimum absolute atomic E-state index is 0.219. The van der Waals surface area contributed by atoms with Crippen molar-refractivity contribution in [3.63, 3.8) is 0 Å². The molecule has 1 unspecified atom stereocenters. The maximum absolute atomic E-state index is 11.0. The summed E-state index contributed by atoms with van der Waals surface area (Å²) in [7, 11) is 0. The summed E-state index contributed by atoms with van der Waals surface area (Å²) in [4.78, 5) is 11.0. The van der Waals surface area contributed by atoms with Crippen molar-refractivity contribution in [1.82, 2.24) is 0 Å². The number of rotatable bonds is 4. The molecule has 1 aromatic rings. The third-order valence-electron chi connectivity index (χ3n) is 2.90. The van der Waals surface area contributed by atoms with Crippen LogP contribution in [0, 0.1) is 11.8 Å². The Morgan fingerprint density at radius 2 is 1.93 bits per heavy atom. The Hall–Kier alpha value is -1.51. The number of phenols is 1. The largest absolute Gasteiger partial charge is 0.508 e. The van der Waals surface area contributed by atoms with Crippen molar-refractivity contribution in [3.8, 4) is 5.75 Å². The van der Waals surface area contributed by atoms with Crippen molar-refractivity contribution < 1.29 is 15.0 Å². The zero-order valence-corrected chi connectivity index (χ0v) is 8.39. The third-order valence-corrected chi connectivity index (χ3v) is 2.90. The molecule has 1 aliphatic rings. The average molecular weight is 206 g/mol. The van der Waals surface area contributed by atoms with Crippen LogP contribution in [0.1, 0.15) is 18.4 Å². The first-order valence-electron chi connectivity index (χ1n) is 5.17. The van der Waals surface area contributed by atoms with Crippen LogP contribution in [0.2, 0.25) is 0 Å². The quantitative estimate of drug-likeness (QED) is 0.792. The van der Waals surface area contributed by atoms with Crippen molar-refractivity contribution in [2.45, 2.75) is 19.3 Å². The lowest BCUT2D eigenvalue weighted by atomic mass is 9.95. The lowest BCUT2D eigenvalue weighted by molar-refractivity contribution is -0.142. The van der Waals surface area contributed by atoms with Gasteiger partial charge in [-0.3, -0.25) is 4.79 Å². The molecule has 1 aromatic carbocycles. The Morgan fingerprint density at radius 1 is 1.33 bits per heavy atom. The summed E-state index contributed by atoms with van der Waals surface area (Å²) in [5.74, 6) is -0.381. The van der Waals surface area contributed by atoms with Gasteiger partial charge < -0.3 is 10.2 Å². The Labute approximate surface area is 88.4 Å². The number of hydrogen-bond acceptors (Lipinski definition) is 2. The van der Waals surface area contributed by atoms with Gasteiger partial charge in [0.05, 0.1) is 5.92 Å². The topological polar surface area (TPSA) is 57.5 Å². The van der Waals surface area contributed by atoms with Gasteiger partial charge in [-0.05, 0) is 42.9 Å². The highest BCUT2D eigenvalue weighted by atomic mass is 16.4. The van der Waals surface area contributed by atoms with Gasteiger partial charge in [-0.25, -0.2) is 0 Å². The molecule has 80 valence electrons. The minimum Gasteiger partial charge on any atom is -0.508 e. The number of carboxylic acids is 1. The predicted octanol–water partition coefficient (Wildman–Crippen LogP) is 2.05. The Balaban J connectivity index is 2.05. The van der Waals surface area contributed by atoms with E-state index in [1.165, 1.54) is 0 Å². The predicted molar refractivity (Wildman–Crippen MR) is 55.7 cm³/mol. The van der Waals surface area contributed by atoms with Crippen LogP contribution in [0.25, 0.3) is 0 Å². The highest BCUT2D eigenvalue weighted by Crippen LogP contribution is 2.38. The van der Waals surface area contributed by atoms with E-state index in [1.807, 2.05) is 0 Å². The molecule has 0 aliphatic heterocycles. The van der Waals surface area contributed by atoms with Gasteiger partial charge in [0.25, 0.3) is 0 Å². The number of phenolic OH excluding ortho intramolecular Hbond substituents is 1. The molecule has 1 fully saturated rings. The molecule has 15 heavy (non-hydrogen) atoms. The van der Waals surface area contributed by atoms with Crippen molar-refractivity contribution in [1.29, 1.82) is 0 Å². The maximum atomic E-state index is 11.0. The van der Waals surface area contributed by atoms with Crippen molar-refractivity contribution in [2.24, 2.45) is 11.8 Å². The number of carbonyl (C=O) groups is 1. The molecule has 0 amide bonds. The first kappa shape index (κ1) is 10.0. The third kappa shape index (κ3) is 2.49. The van der Waals surface area contributed by atoms with Crippen LogP contribution < -0.4 is 0 Å². The summed E-state index contributed by atoms with van der Waals surface area (Å²) in [6.45, 7) is 0. The van der Waals surface area contributed by atoms with E-state index in [0.717, 1.165) is 18.4 Å². The van der Waals surface area contributed by atoms with E-state index >= 15 is 0 Å². The standard InChI is InChI=1S/C12H14O3/c13-10-5-1-8(2-6-10)7-11(12(14)15)9-3-4-9/h1-2,5-6,9,11,13H,3-4,7H2,(H,14,15). The highest BCUT2D eigenvalue weighted by molar-refractivity contribution is 5.71. The number of hydrogen-bond donors (Lipinski definition) is 2. The van der Waals surface area contributed by atoms with E-state index in [4.69, 9.17) is 10.2 Å². The molecule has 0 radical (unpaired) electrons. The summed E-state index contributed by atoms with van der Waals surface area (Å²) in [6, 6.07) is 6.77. The van der Waals surface area contributed by atoms with E-state index in [1.54, 1.807) is 24.3 Å². The first-order chi connectivity index (χ1) is 7.16. The van der Waals surface area contributed by atoms with Crippen LogP contribution in [0.4, 0.5) is 0 Å². The van der Waals surface area contributed by atoms with Crippen LogP contribution in [0.15, 0.2) is 24.3 Å². The molecular formula is C12H14O3. The molecular weight excluding hydrogens is 192 g/mol. The summed E-state index contributed by atoms with van der Waals surface area (Å²) < 4.78 is 0. The lowest BCUT2D eigenvalue weighted by Gasteiger charge is -2.10. The Kier molecular flexibility index (Phi) is 2.62. The van der Waals surface area contributed by atoms with Gasteiger partial charge in [0.1, 0.15) is 5.75 Å². The van der Waals surface area contributed by atoms with E-state index in [-0.39, 0.29) is 11.7 Å². The molecule has 0 spiro atoms. The fourth-order valence-corrected chi connectivity index (χ4v) is 1.84. The second kappa shape index (κ2) is 3.93. The zero-order chi connectivity index (χ0) is 10.8. The SMILES string of the molecule is O=C(O)C(Cc1ccc(O)cc1)C1CC1. The Bertz CT molecular complexity index is 352. The van der Waals surface area contributed by atoms with E-state index < -0.39 is 5.97 Å². The van der Waals surface area contributed by atoms with E-state index in [2.05, 4.69) is 0 Å². The second-order valence-electron chi connectivity index (χ2n) is 4.15. The van der Waals surface area contributed by atoms with E-state index in [0.29, 0.717) is 12.3 Å². The lowest BCUT2D eigenvalue weighted by Crippen LogP contribution is -2.18. The Morgan fingerprint density at radius 3 is 2.40 bits per heavy atom. The van der Waals surface area contributed by atoms with Crippen LogP contribution in [-0.2, 0) is 11.2 Å². The van der Waals surface area contributed by atoms with Crippen LogP contribution >= 0.6 is 0 Å². The summed E-state index contributed by atoms with van der Waals surface area (Å²) in [5, 5.41) is 18.2. The molecule has 0 bridgehead atoms. The molecule has 2 N–H and O–H groups in total. The molecule has 3 nitrogen and oxygen atoms in total. The first-order valence-corrected chi connectivity index (χ1v) is 5.17. The molecule has 0 heterocycles. The van der Waals surface area contributed by atoms with Gasteiger partial charge in [-0.15, -0.1) is 0 Å². The molecule has 1 aliphatic carbocycles. The van der Waals surface area contributed by atoms with Gasteiger partial charge in [-0.2, -0.15) is 0 Å². The normalized spacial score (nSPS) is 17.3. The van der Waals surface area contributed by atoms with Gasteiger partial charge in [0, 0.05) is 0 Å². The molecule has 1 saturated carbocycles. The molecule has 1 atom stereocenters. The minimum atomic E-state index is -0.703. The summed E-state index contributed by atoms with van der Waals surface area (Å²) in [5.41, 5.74) is 0.979. The summed E-state index contributed by atoms with van der Waals surface area (Å²) >= 11 is 0. The average Bonchev–Trinajstić information content (AvgIpc) is 3.00. The fourth-order valence-electron chi connectivity index (χ4n) is 1.84.